The number of fused-ring (bicyclic) bond motifs is 1. The lowest BCUT2D eigenvalue weighted by Crippen LogP contribution is -2.43. The quantitative estimate of drug-likeness (QED) is 0.853. The van der Waals surface area contributed by atoms with Crippen LogP contribution in [0.1, 0.15) is 55.1 Å². The number of amides is 1. The summed E-state index contributed by atoms with van der Waals surface area (Å²) < 4.78 is 0. The molecule has 1 aromatic rings. The third-order valence-corrected chi connectivity index (χ3v) is 4.78. The molecule has 1 aromatic carbocycles. The Morgan fingerprint density at radius 1 is 1.18 bits per heavy atom. The Labute approximate surface area is 135 Å². The number of carbonyl (C=O) groups excluding carboxylic acids is 1. The van der Waals surface area contributed by atoms with E-state index in [2.05, 4.69) is 24.8 Å². The number of hydrogen-bond donors (Lipinski definition) is 0. The van der Waals surface area contributed by atoms with E-state index < -0.39 is 0 Å². The molecule has 1 saturated heterocycles. The van der Waals surface area contributed by atoms with E-state index >= 15 is 0 Å². The third-order valence-electron chi connectivity index (χ3n) is 4.78. The fourth-order valence-electron chi connectivity index (χ4n) is 3.45. The number of carbonyl (C=O) groups is 1. The highest BCUT2D eigenvalue weighted by molar-refractivity contribution is 5.96. The van der Waals surface area contributed by atoms with E-state index in [1.807, 2.05) is 30.9 Å². The zero-order valence-electron chi connectivity index (χ0n) is 14.6. The summed E-state index contributed by atoms with van der Waals surface area (Å²) in [5, 5.41) is 0. The van der Waals surface area contributed by atoms with Crippen LogP contribution in [-0.4, -0.2) is 47.9 Å². The highest BCUT2D eigenvalue weighted by Gasteiger charge is 2.26. The Bertz CT molecular complexity index is 512. The Hall–Kier alpha value is -1.35. The fourth-order valence-corrected chi connectivity index (χ4v) is 3.45. The molecule has 1 fully saturated rings. The minimum atomic E-state index is 0.220. The molecule has 22 heavy (non-hydrogen) atoms. The van der Waals surface area contributed by atoms with Crippen molar-refractivity contribution in [3.8, 4) is 0 Å². The van der Waals surface area contributed by atoms with Crippen LogP contribution in [0.3, 0.4) is 0 Å². The van der Waals surface area contributed by atoms with Crippen LogP contribution in [0.2, 0.25) is 0 Å². The van der Waals surface area contributed by atoms with Gasteiger partial charge in [-0.3, -0.25) is 9.69 Å². The van der Waals surface area contributed by atoms with Crippen molar-refractivity contribution in [3.63, 3.8) is 0 Å². The number of likely N-dealkylation sites (tertiary alicyclic amines) is 1. The first-order chi connectivity index (χ1) is 10.6. The van der Waals surface area contributed by atoms with Gasteiger partial charge in [0.05, 0.1) is 0 Å². The second-order valence-electron chi connectivity index (χ2n) is 6.23. The second kappa shape index (κ2) is 7.77. The Balaban J connectivity index is 0.000000847. The Morgan fingerprint density at radius 2 is 1.95 bits per heavy atom. The van der Waals surface area contributed by atoms with Crippen LogP contribution in [-0.2, 0) is 6.42 Å². The molecule has 0 spiro atoms. The van der Waals surface area contributed by atoms with Gasteiger partial charge in [-0.15, -0.1) is 0 Å². The predicted molar refractivity (Wildman–Crippen MR) is 92.4 cm³/mol. The zero-order chi connectivity index (χ0) is 16.1. The molecule has 2 heterocycles. The molecule has 0 radical (unpaired) electrons. The summed E-state index contributed by atoms with van der Waals surface area (Å²) in [5.74, 6) is 0.220. The van der Waals surface area contributed by atoms with Crippen molar-refractivity contribution in [2.24, 2.45) is 0 Å². The molecule has 1 unspecified atom stereocenters. The van der Waals surface area contributed by atoms with Crippen LogP contribution in [0.15, 0.2) is 18.2 Å². The van der Waals surface area contributed by atoms with E-state index in [1.54, 1.807) is 0 Å². The second-order valence-corrected chi connectivity index (χ2v) is 6.23. The van der Waals surface area contributed by atoms with E-state index in [9.17, 15) is 4.79 Å². The first kappa shape index (κ1) is 17.0. The standard InChI is InChI=1S/C17H24N2O.C2H6/c1-13-5-6-16-15(12-13)7-9-19(17(16)20)11-10-18-8-3-4-14(18)2;1-2/h5-6,12,14H,3-4,7-11H2,1-2H3;1-2H3. The lowest BCUT2D eigenvalue weighted by atomic mass is 9.97. The largest absolute Gasteiger partial charge is 0.337 e. The summed E-state index contributed by atoms with van der Waals surface area (Å²) >= 11 is 0. The van der Waals surface area contributed by atoms with Crippen molar-refractivity contribution in [3.05, 3.63) is 34.9 Å². The molecule has 1 atom stereocenters. The molecular weight excluding hydrogens is 272 g/mol. The van der Waals surface area contributed by atoms with Crippen LogP contribution >= 0.6 is 0 Å². The van der Waals surface area contributed by atoms with Gasteiger partial charge in [-0.2, -0.15) is 0 Å². The van der Waals surface area contributed by atoms with Crippen molar-refractivity contribution < 1.29 is 4.79 Å². The van der Waals surface area contributed by atoms with E-state index in [1.165, 1.54) is 30.5 Å². The van der Waals surface area contributed by atoms with Crippen LogP contribution in [0, 0.1) is 6.92 Å². The van der Waals surface area contributed by atoms with E-state index in [0.29, 0.717) is 6.04 Å². The molecule has 3 rings (SSSR count). The minimum absolute atomic E-state index is 0.220. The van der Waals surface area contributed by atoms with Gasteiger partial charge in [0, 0.05) is 31.2 Å². The van der Waals surface area contributed by atoms with Gasteiger partial charge in [-0.1, -0.05) is 31.5 Å². The molecule has 3 heteroatoms. The molecule has 122 valence electrons. The highest BCUT2D eigenvalue weighted by atomic mass is 16.2. The molecule has 0 saturated carbocycles. The van der Waals surface area contributed by atoms with Gasteiger partial charge in [0.15, 0.2) is 0 Å². The van der Waals surface area contributed by atoms with Crippen LogP contribution in [0.25, 0.3) is 0 Å². The summed E-state index contributed by atoms with van der Waals surface area (Å²) in [6, 6.07) is 6.89. The number of hydrogen-bond acceptors (Lipinski definition) is 2. The average molecular weight is 302 g/mol. The molecular formula is C19H30N2O. The van der Waals surface area contributed by atoms with Crippen LogP contribution in [0.5, 0.6) is 0 Å². The number of rotatable bonds is 3. The van der Waals surface area contributed by atoms with Gasteiger partial charge in [0.1, 0.15) is 0 Å². The van der Waals surface area contributed by atoms with Crippen molar-refractivity contribution >= 4 is 5.91 Å². The van der Waals surface area contributed by atoms with E-state index in [-0.39, 0.29) is 5.91 Å². The molecule has 2 aliphatic heterocycles. The normalized spacial score (nSPS) is 21.4. The lowest BCUT2D eigenvalue weighted by molar-refractivity contribution is 0.0717. The maximum absolute atomic E-state index is 12.5. The van der Waals surface area contributed by atoms with Gasteiger partial charge in [0.2, 0.25) is 0 Å². The van der Waals surface area contributed by atoms with Gasteiger partial charge < -0.3 is 4.90 Å². The smallest absolute Gasteiger partial charge is 0.254 e. The van der Waals surface area contributed by atoms with Crippen LogP contribution in [0.4, 0.5) is 0 Å². The monoisotopic (exact) mass is 302 g/mol. The summed E-state index contributed by atoms with van der Waals surface area (Å²) in [6.45, 7) is 12.3. The van der Waals surface area contributed by atoms with Gasteiger partial charge in [-0.05, 0) is 51.3 Å². The maximum atomic E-state index is 12.5. The summed E-state index contributed by atoms with van der Waals surface area (Å²) in [4.78, 5) is 17.1. The Kier molecular flexibility index (Phi) is 6.01. The van der Waals surface area contributed by atoms with Crippen molar-refractivity contribution in [1.29, 1.82) is 0 Å². The lowest BCUT2D eigenvalue weighted by Gasteiger charge is -2.31. The van der Waals surface area contributed by atoms with Crippen molar-refractivity contribution in [2.75, 3.05) is 26.2 Å². The van der Waals surface area contributed by atoms with Gasteiger partial charge in [0.25, 0.3) is 5.91 Å². The zero-order valence-corrected chi connectivity index (χ0v) is 14.6. The van der Waals surface area contributed by atoms with Crippen molar-refractivity contribution in [2.45, 2.75) is 53.0 Å². The first-order valence-electron chi connectivity index (χ1n) is 8.78. The van der Waals surface area contributed by atoms with Crippen molar-refractivity contribution in [1.82, 2.24) is 9.80 Å². The molecule has 0 aliphatic carbocycles. The predicted octanol–water partition coefficient (Wildman–Crippen LogP) is 3.50. The van der Waals surface area contributed by atoms with E-state index in [4.69, 9.17) is 0 Å². The summed E-state index contributed by atoms with van der Waals surface area (Å²) in [7, 11) is 0. The third kappa shape index (κ3) is 3.70. The minimum Gasteiger partial charge on any atom is -0.337 e. The fraction of sp³-hybridized carbons (Fsp3) is 0.632. The van der Waals surface area contributed by atoms with Crippen LogP contribution < -0.4 is 0 Å². The number of nitrogens with zero attached hydrogens (tertiary/aromatic N) is 2. The molecule has 3 nitrogen and oxygen atoms in total. The summed E-state index contributed by atoms with van der Waals surface area (Å²) in [5.41, 5.74) is 3.38. The molecule has 0 bridgehead atoms. The van der Waals surface area contributed by atoms with Gasteiger partial charge in [-0.25, -0.2) is 0 Å². The van der Waals surface area contributed by atoms with E-state index in [0.717, 1.165) is 31.6 Å². The first-order valence-corrected chi connectivity index (χ1v) is 8.78. The Morgan fingerprint density at radius 3 is 2.64 bits per heavy atom. The molecule has 0 aromatic heterocycles. The summed E-state index contributed by atoms with van der Waals surface area (Å²) in [6.07, 6.45) is 3.60. The topological polar surface area (TPSA) is 23.6 Å². The molecule has 0 N–H and O–H groups in total. The SMILES string of the molecule is CC.Cc1ccc2c(c1)CCN(CCN1CCCC1C)C2=O. The highest BCUT2D eigenvalue weighted by Crippen LogP contribution is 2.21. The molecule has 2 aliphatic rings. The molecule has 1 amide bonds. The van der Waals surface area contributed by atoms with Gasteiger partial charge >= 0.3 is 0 Å². The number of benzene rings is 1. The number of aryl methyl sites for hydroxylation is 1. The maximum Gasteiger partial charge on any atom is 0.254 e. The average Bonchev–Trinajstić information content (AvgIpc) is 2.94.